The van der Waals surface area contributed by atoms with Crippen molar-refractivity contribution in [1.82, 2.24) is 15.6 Å². The Hall–Kier alpha value is -2.69. The van der Waals surface area contributed by atoms with Crippen molar-refractivity contribution in [1.29, 1.82) is 0 Å². The summed E-state index contributed by atoms with van der Waals surface area (Å²) in [6, 6.07) is 15.0. The average molecular weight is 556 g/mol. The highest BCUT2D eigenvalue weighted by molar-refractivity contribution is 14.0. The molecule has 2 N–H and O–H groups in total. The number of aromatic nitrogens is 1. The number of fused-ring (bicyclic) bond motifs is 1. The fourth-order valence-electron chi connectivity index (χ4n) is 3.17. The summed E-state index contributed by atoms with van der Waals surface area (Å²) in [6.45, 7) is 2.44. The van der Waals surface area contributed by atoms with Crippen LogP contribution in [0.1, 0.15) is 25.0 Å². The van der Waals surface area contributed by atoms with E-state index in [0.717, 1.165) is 16.5 Å². The quantitative estimate of drug-likeness (QED) is 0.218. The minimum absolute atomic E-state index is 0. The van der Waals surface area contributed by atoms with E-state index < -0.39 is 6.61 Å². The van der Waals surface area contributed by atoms with Crippen molar-refractivity contribution in [3.8, 4) is 11.5 Å². The molecule has 0 aliphatic rings. The molecule has 0 aliphatic heterocycles. The van der Waals surface area contributed by atoms with Gasteiger partial charge in [-0.25, -0.2) is 4.99 Å². The number of nitrogens with zero attached hydrogens (tertiary/aromatic N) is 2. The summed E-state index contributed by atoms with van der Waals surface area (Å²) >= 11 is 0. The molecule has 3 aromatic rings. The van der Waals surface area contributed by atoms with Gasteiger partial charge < -0.3 is 20.1 Å². The molecule has 0 aliphatic carbocycles. The highest BCUT2D eigenvalue weighted by atomic mass is 127. The Kier molecular flexibility index (Phi) is 10.4. The number of aliphatic imine (C=N–C) groups is 1. The molecule has 2 aromatic carbocycles. The van der Waals surface area contributed by atoms with Crippen molar-refractivity contribution in [3.63, 3.8) is 0 Å². The second kappa shape index (κ2) is 13.0. The van der Waals surface area contributed by atoms with Gasteiger partial charge >= 0.3 is 6.61 Å². The van der Waals surface area contributed by atoms with Gasteiger partial charge in [0.25, 0.3) is 0 Å². The van der Waals surface area contributed by atoms with Crippen LogP contribution in [-0.2, 0) is 13.1 Å². The SMILES string of the molecule is CCNC(=NCc1cccc(OCC)c1OC(F)F)NCc1cccc2cccnc12.I. The maximum Gasteiger partial charge on any atom is 0.387 e. The van der Waals surface area contributed by atoms with Crippen LogP contribution in [0.25, 0.3) is 10.9 Å². The summed E-state index contributed by atoms with van der Waals surface area (Å²) in [5, 5.41) is 7.51. The fourth-order valence-corrected chi connectivity index (χ4v) is 3.17. The molecule has 0 saturated heterocycles. The van der Waals surface area contributed by atoms with Gasteiger partial charge in [-0.2, -0.15) is 8.78 Å². The zero-order chi connectivity index (χ0) is 22.1. The van der Waals surface area contributed by atoms with E-state index in [4.69, 9.17) is 9.47 Å². The lowest BCUT2D eigenvalue weighted by atomic mass is 10.1. The van der Waals surface area contributed by atoms with E-state index in [0.29, 0.717) is 31.2 Å². The van der Waals surface area contributed by atoms with Gasteiger partial charge in [-0.05, 0) is 31.5 Å². The maximum atomic E-state index is 12.9. The summed E-state index contributed by atoms with van der Waals surface area (Å²) in [5.74, 6) is 0.840. The van der Waals surface area contributed by atoms with E-state index in [1.807, 2.05) is 37.3 Å². The molecule has 172 valence electrons. The number of guanidine groups is 1. The van der Waals surface area contributed by atoms with Gasteiger partial charge in [-0.15, -0.1) is 24.0 Å². The molecule has 0 radical (unpaired) electrons. The van der Waals surface area contributed by atoms with Crippen molar-refractivity contribution in [2.24, 2.45) is 4.99 Å². The first-order valence-corrected chi connectivity index (χ1v) is 10.2. The summed E-state index contributed by atoms with van der Waals surface area (Å²) in [6.07, 6.45) is 1.76. The molecular weight excluding hydrogens is 529 g/mol. The predicted octanol–water partition coefficient (Wildman–Crippen LogP) is 5.11. The molecule has 6 nitrogen and oxygen atoms in total. The summed E-state index contributed by atoms with van der Waals surface area (Å²) < 4.78 is 36.0. The zero-order valence-corrected chi connectivity index (χ0v) is 20.3. The smallest absolute Gasteiger partial charge is 0.387 e. The number of rotatable bonds is 9. The van der Waals surface area contributed by atoms with Gasteiger partial charge in [0.05, 0.1) is 18.7 Å². The van der Waals surface area contributed by atoms with Gasteiger partial charge in [0, 0.05) is 30.2 Å². The highest BCUT2D eigenvalue weighted by Crippen LogP contribution is 2.33. The van der Waals surface area contributed by atoms with E-state index in [-0.39, 0.29) is 42.0 Å². The largest absolute Gasteiger partial charge is 0.490 e. The van der Waals surface area contributed by atoms with E-state index in [2.05, 4.69) is 20.6 Å². The Morgan fingerprint density at radius 2 is 1.78 bits per heavy atom. The number of para-hydroxylation sites is 2. The van der Waals surface area contributed by atoms with Crippen molar-refractivity contribution in [2.45, 2.75) is 33.5 Å². The van der Waals surface area contributed by atoms with Crippen molar-refractivity contribution in [2.75, 3.05) is 13.2 Å². The molecule has 0 saturated carbocycles. The molecule has 3 rings (SSSR count). The number of hydrogen-bond acceptors (Lipinski definition) is 4. The Morgan fingerprint density at radius 1 is 1.03 bits per heavy atom. The van der Waals surface area contributed by atoms with Crippen LogP contribution in [0, 0.1) is 0 Å². The monoisotopic (exact) mass is 556 g/mol. The Bertz CT molecular complexity index is 1030. The van der Waals surface area contributed by atoms with Crippen LogP contribution in [0.2, 0.25) is 0 Å². The second-order valence-electron chi connectivity index (χ2n) is 6.60. The minimum atomic E-state index is -2.95. The third kappa shape index (κ3) is 6.91. The number of alkyl halides is 2. The maximum absolute atomic E-state index is 12.9. The Labute approximate surface area is 203 Å². The number of pyridine rings is 1. The van der Waals surface area contributed by atoms with E-state index in [1.165, 1.54) is 0 Å². The van der Waals surface area contributed by atoms with Gasteiger partial charge in [-0.1, -0.05) is 36.4 Å². The van der Waals surface area contributed by atoms with Gasteiger partial charge in [0.1, 0.15) is 0 Å². The molecular formula is C23H27F2IN4O2. The van der Waals surface area contributed by atoms with Crippen LogP contribution in [0.4, 0.5) is 8.78 Å². The lowest BCUT2D eigenvalue weighted by Gasteiger charge is -2.15. The first-order chi connectivity index (χ1) is 15.1. The van der Waals surface area contributed by atoms with Crippen LogP contribution in [0.15, 0.2) is 59.7 Å². The molecule has 1 heterocycles. The lowest BCUT2D eigenvalue weighted by molar-refractivity contribution is -0.0520. The van der Waals surface area contributed by atoms with Crippen LogP contribution in [-0.4, -0.2) is 30.7 Å². The number of benzene rings is 2. The molecule has 0 spiro atoms. The summed E-state index contributed by atoms with van der Waals surface area (Å²) in [5.41, 5.74) is 2.46. The first kappa shape index (κ1) is 25.6. The Morgan fingerprint density at radius 3 is 2.53 bits per heavy atom. The van der Waals surface area contributed by atoms with E-state index >= 15 is 0 Å². The first-order valence-electron chi connectivity index (χ1n) is 10.2. The van der Waals surface area contributed by atoms with Crippen molar-refractivity contribution >= 4 is 40.8 Å². The average Bonchev–Trinajstić information content (AvgIpc) is 2.77. The lowest BCUT2D eigenvalue weighted by Crippen LogP contribution is -2.36. The van der Waals surface area contributed by atoms with E-state index in [9.17, 15) is 8.78 Å². The van der Waals surface area contributed by atoms with Crippen LogP contribution in [0.5, 0.6) is 11.5 Å². The number of nitrogens with one attached hydrogen (secondary N) is 2. The third-order valence-corrected chi connectivity index (χ3v) is 4.48. The minimum Gasteiger partial charge on any atom is -0.490 e. The summed E-state index contributed by atoms with van der Waals surface area (Å²) in [4.78, 5) is 9.00. The van der Waals surface area contributed by atoms with Crippen molar-refractivity contribution in [3.05, 3.63) is 65.9 Å². The molecule has 0 atom stereocenters. The van der Waals surface area contributed by atoms with E-state index in [1.54, 1.807) is 31.3 Å². The second-order valence-corrected chi connectivity index (χ2v) is 6.60. The number of hydrogen-bond donors (Lipinski definition) is 2. The molecule has 0 fully saturated rings. The molecule has 9 heteroatoms. The van der Waals surface area contributed by atoms with Crippen LogP contribution >= 0.6 is 24.0 Å². The van der Waals surface area contributed by atoms with Gasteiger partial charge in [0.15, 0.2) is 17.5 Å². The highest BCUT2D eigenvalue weighted by Gasteiger charge is 2.15. The third-order valence-electron chi connectivity index (χ3n) is 4.48. The van der Waals surface area contributed by atoms with Crippen LogP contribution < -0.4 is 20.1 Å². The fraction of sp³-hybridized carbons (Fsp3) is 0.304. The molecule has 1 aromatic heterocycles. The topological polar surface area (TPSA) is 67.8 Å². The normalized spacial score (nSPS) is 11.2. The summed E-state index contributed by atoms with van der Waals surface area (Å²) in [7, 11) is 0. The van der Waals surface area contributed by atoms with Gasteiger partial charge in [0.2, 0.25) is 0 Å². The standard InChI is InChI=1S/C23H26F2N4O2.HI/c1-3-26-23(28-14-17-9-5-8-16-11-7-13-27-20(16)17)29-15-18-10-6-12-19(30-4-2)21(18)31-22(24)25;/h5-13,22H,3-4,14-15H2,1-2H3,(H2,26,28,29);1H. The molecule has 32 heavy (non-hydrogen) atoms. The molecule has 0 bridgehead atoms. The van der Waals surface area contributed by atoms with Gasteiger partial charge in [-0.3, -0.25) is 4.98 Å². The van der Waals surface area contributed by atoms with Crippen LogP contribution in [0.3, 0.4) is 0 Å². The van der Waals surface area contributed by atoms with Crippen molar-refractivity contribution < 1.29 is 18.3 Å². The molecule has 0 amide bonds. The predicted molar refractivity (Wildman–Crippen MR) is 133 cm³/mol. The number of halogens is 3. The number of ether oxygens (including phenoxy) is 2. The zero-order valence-electron chi connectivity index (χ0n) is 18.0. The molecule has 0 unspecified atom stereocenters. The Balaban J connectivity index is 0.00000363.